The number of benzene rings is 1. The summed E-state index contributed by atoms with van der Waals surface area (Å²) in [5.41, 5.74) is 1.23. The van der Waals surface area contributed by atoms with Crippen LogP contribution in [-0.4, -0.2) is 51.2 Å². The summed E-state index contributed by atoms with van der Waals surface area (Å²) in [5.74, 6) is 1.74. The number of para-hydroxylation sites is 1. The number of guanidine groups is 1. The zero-order valence-corrected chi connectivity index (χ0v) is 14.2. The second-order valence-electron chi connectivity index (χ2n) is 5.62. The van der Waals surface area contributed by atoms with Crippen molar-refractivity contribution in [1.82, 2.24) is 15.5 Å². The van der Waals surface area contributed by atoms with Gasteiger partial charge >= 0.3 is 0 Å². The Morgan fingerprint density at radius 2 is 2.09 bits per heavy atom. The van der Waals surface area contributed by atoms with E-state index in [9.17, 15) is 0 Å². The summed E-state index contributed by atoms with van der Waals surface area (Å²) in [4.78, 5) is 6.78. The minimum atomic E-state index is 0.274. The maximum Gasteiger partial charge on any atom is 0.191 e. The van der Waals surface area contributed by atoms with Crippen molar-refractivity contribution in [2.45, 2.75) is 18.9 Å². The summed E-state index contributed by atoms with van der Waals surface area (Å²) in [6.45, 7) is 7.47. The van der Waals surface area contributed by atoms with Gasteiger partial charge in [0.1, 0.15) is 5.75 Å². The van der Waals surface area contributed by atoms with E-state index in [4.69, 9.17) is 4.74 Å². The summed E-state index contributed by atoms with van der Waals surface area (Å²) in [6, 6.07) is 8.55. The highest BCUT2D eigenvalue weighted by Crippen LogP contribution is 2.31. The van der Waals surface area contributed by atoms with Gasteiger partial charge in [-0.3, -0.25) is 9.89 Å². The lowest BCUT2D eigenvalue weighted by Gasteiger charge is -2.29. The van der Waals surface area contributed by atoms with E-state index in [1.54, 1.807) is 14.2 Å². The number of methoxy groups -OCH3 is 1. The molecule has 1 saturated heterocycles. The fraction of sp³-hybridized carbons (Fsp3) is 0.500. The van der Waals surface area contributed by atoms with Gasteiger partial charge in [0.25, 0.3) is 0 Å². The second-order valence-corrected chi connectivity index (χ2v) is 5.62. The van der Waals surface area contributed by atoms with E-state index in [0.717, 1.165) is 31.3 Å². The number of nitrogens with zero attached hydrogens (tertiary/aromatic N) is 2. The minimum absolute atomic E-state index is 0.274. The van der Waals surface area contributed by atoms with Crippen LogP contribution in [0.3, 0.4) is 0 Å². The first-order chi connectivity index (χ1) is 11.3. The topological polar surface area (TPSA) is 48.9 Å². The Kier molecular flexibility index (Phi) is 6.94. The van der Waals surface area contributed by atoms with Gasteiger partial charge in [-0.05, 0) is 32.0 Å². The first-order valence-corrected chi connectivity index (χ1v) is 8.22. The normalized spacial score (nSPS) is 16.9. The molecule has 1 aliphatic rings. The van der Waals surface area contributed by atoms with E-state index in [0.29, 0.717) is 6.54 Å². The maximum atomic E-state index is 5.57. The molecule has 126 valence electrons. The van der Waals surface area contributed by atoms with Crippen LogP contribution < -0.4 is 15.4 Å². The predicted molar refractivity (Wildman–Crippen MR) is 96.1 cm³/mol. The van der Waals surface area contributed by atoms with Crippen LogP contribution >= 0.6 is 0 Å². The third-order valence-corrected chi connectivity index (χ3v) is 4.18. The van der Waals surface area contributed by atoms with Crippen LogP contribution in [0.5, 0.6) is 5.75 Å². The quantitative estimate of drug-likeness (QED) is 0.460. The number of likely N-dealkylation sites (tertiary alicyclic amines) is 1. The number of rotatable bonds is 7. The molecule has 2 N–H and O–H groups in total. The van der Waals surface area contributed by atoms with E-state index < -0.39 is 0 Å². The molecule has 5 nitrogen and oxygen atoms in total. The molecular weight excluding hydrogens is 288 g/mol. The Morgan fingerprint density at radius 3 is 2.74 bits per heavy atom. The summed E-state index contributed by atoms with van der Waals surface area (Å²) >= 11 is 0. The summed E-state index contributed by atoms with van der Waals surface area (Å²) in [6.07, 6.45) is 4.34. The van der Waals surface area contributed by atoms with Crippen molar-refractivity contribution in [2.24, 2.45) is 4.99 Å². The molecule has 0 saturated carbocycles. The van der Waals surface area contributed by atoms with E-state index in [1.807, 2.05) is 18.2 Å². The SMILES string of the molecule is C=CCNC(=NC)NCC(c1ccccc1OC)N1CCCC1. The molecule has 0 aromatic heterocycles. The molecule has 0 radical (unpaired) electrons. The van der Waals surface area contributed by atoms with Gasteiger partial charge in [0.05, 0.1) is 13.2 Å². The molecule has 23 heavy (non-hydrogen) atoms. The second kappa shape index (κ2) is 9.20. The van der Waals surface area contributed by atoms with E-state index in [2.05, 4.69) is 39.2 Å². The van der Waals surface area contributed by atoms with Crippen LogP contribution in [-0.2, 0) is 0 Å². The zero-order valence-electron chi connectivity index (χ0n) is 14.2. The smallest absolute Gasteiger partial charge is 0.191 e. The van der Waals surface area contributed by atoms with Gasteiger partial charge in [-0.25, -0.2) is 0 Å². The molecule has 0 aliphatic carbocycles. The highest BCUT2D eigenvalue weighted by molar-refractivity contribution is 5.79. The Labute approximate surface area is 139 Å². The lowest BCUT2D eigenvalue weighted by molar-refractivity contribution is 0.239. The molecule has 1 fully saturated rings. The largest absolute Gasteiger partial charge is 0.496 e. The van der Waals surface area contributed by atoms with Gasteiger partial charge in [-0.2, -0.15) is 0 Å². The Balaban J connectivity index is 2.13. The number of aliphatic imine (C=N–C) groups is 1. The third-order valence-electron chi connectivity index (χ3n) is 4.18. The molecule has 0 bridgehead atoms. The number of hydrogen-bond acceptors (Lipinski definition) is 3. The van der Waals surface area contributed by atoms with Crippen molar-refractivity contribution in [3.05, 3.63) is 42.5 Å². The molecule has 1 unspecified atom stereocenters. The summed E-state index contributed by atoms with van der Waals surface area (Å²) < 4.78 is 5.57. The van der Waals surface area contributed by atoms with E-state index >= 15 is 0 Å². The van der Waals surface area contributed by atoms with Crippen molar-refractivity contribution < 1.29 is 4.74 Å². The number of nitrogens with one attached hydrogen (secondary N) is 2. The first-order valence-electron chi connectivity index (χ1n) is 8.22. The molecule has 1 aromatic carbocycles. The molecule has 1 aliphatic heterocycles. The Hall–Kier alpha value is -2.01. The Bertz CT molecular complexity index is 524. The molecule has 5 heteroatoms. The lowest BCUT2D eigenvalue weighted by Crippen LogP contribution is -2.42. The minimum Gasteiger partial charge on any atom is -0.496 e. The van der Waals surface area contributed by atoms with Crippen LogP contribution in [0.15, 0.2) is 41.9 Å². The van der Waals surface area contributed by atoms with Crippen molar-refractivity contribution in [3.8, 4) is 5.75 Å². The highest BCUT2D eigenvalue weighted by atomic mass is 16.5. The van der Waals surface area contributed by atoms with Gasteiger partial charge in [0.15, 0.2) is 5.96 Å². The van der Waals surface area contributed by atoms with Gasteiger partial charge in [-0.15, -0.1) is 6.58 Å². The van der Waals surface area contributed by atoms with Crippen LogP contribution in [0.25, 0.3) is 0 Å². The van der Waals surface area contributed by atoms with Crippen molar-refractivity contribution in [2.75, 3.05) is 40.3 Å². The van der Waals surface area contributed by atoms with Crippen LogP contribution in [0.2, 0.25) is 0 Å². The molecular formula is C18H28N4O. The van der Waals surface area contributed by atoms with Crippen molar-refractivity contribution >= 4 is 5.96 Å². The van der Waals surface area contributed by atoms with E-state index in [1.165, 1.54) is 18.4 Å². The lowest BCUT2D eigenvalue weighted by atomic mass is 10.0. The Morgan fingerprint density at radius 1 is 1.35 bits per heavy atom. The van der Waals surface area contributed by atoms with E-state index in [-0.39, 0.29) is 6.04 Å². The zero-order chi connectivity index (χ0) is 16.5. The molecule has 0 amide bonds. The third kappa shape index (κ3) is 4.73. The van der Waals surface area contributed by atoms with Gasteiger partial charge in [0, 0.05) is 25.7 Å². The molecule has 1 atom stereocenters. The van der Waals surface area contributed by atoms with Crippen LogP contribution in [0.1, 0.15) is 24.4 Å². The van der Waals surface area contributed by atoms with Crippen molar-refractivity contribution in [1.29, 1.82) is 0 Å². The van der Waals surface area contributed by atoms with Crippen molar-refractivity contribution in [3.63, 3.8) is 0 Å². The van der Waals surface area contributed by atoms with Gasteiger partial charge < -0.3 is 15.4 Å². The monoisotopic (exact) mass is 316 g/mol. The predicted octanol–water partition coefficient (Wildman–Crippen LogP) is 2.18. The van der Waals surface area contributed by atoms with Crippen LogP contribution in [0, 0.1) is 0 Å². The van der Waals surface area contributed by atoms with Crippen LogP contribution in [0.4, 0.5) is 0 Å². The highest BCUT2D eigenvalue weighted by Gasteiger charge is 2.25. The molecule has 1 heterocycles. The number of hydrogen-bond donors (Lipinski definition) is 2. The fourth-order valence-corrected chi connectivity index (χ4v) is 3.01. The average Bonchev–Trinajstić information content (AvgIpc) is 3.12. The average molecular weight is 316 g/mol. The standard InChI is InChI=1S/C18H28N4O/c1-4-11-20-18(19-2)21-14-16(22-12-7-8-13-22)15-9-5-6-10-17(15)23-3/h4-6,9-10,16H,1,7-8,11-14H2,2-3H3,(H2,19,20,21). The molecule has 2 rings (SSSR count). The summed E-state index contributed by atoms with van der Waals surface area (Å²) in [5, 5.41) is 6.64. The fourth-order valence-electron chi connectivity index (χ4n) is 3.01. The first kappa shape index (κ1) is 17.3. The number of ether oxygens (including phenoxy) is 1. The molecule has 1 aromatic rings. The van der Waals surface area contributed by atoms with Gasteiger partial charge in [0.2, 0.25) is 0 Å². The summed E-state index contributed by atoms with van der Waals surface area (Å²) in [7, 11) is 3.52. The molecule has 0 spiro atoms. The maximum absolute atomic E-state index is 5.57. The van der Waals surface area contributed by atoms with Gasteiger partial charge in [-0.1, -0.05) is 24.3 Å².